The lowest BCUT2D eigenvalue weighted by Crippen LogP contribution is -2.03. The summed E-state index contributed by atoms with van der Waals surface area (Å²) < 4.78 is 31.7. The van der Waals surface area contributed by atoms with Crippen molar-refractivity contribution in [2.24, 2.45) is 0 Å². The van der Waals surface area contributed by atoms with Gasteiger partial charge in [-0.3, -0.25) is 4.55 Å². The van der Waals surface area contributed by atoms with Crippen LogP contribution in [-0.2, 0) is 16.5 Å². The Labute approximate surface area is 112 Å². The molecule has 0 amide bonds. The fourth-order valence-electron chi connectivity index (χ4n) is 1.83. The van der Waals surface area contributed by atoms with E-state index in [0.29, 0.717) is 12.0 Å². The van der Waals surface area contributed by atoms with E-state index in [0.717, 1.165) is 11.1 Å². The molecule has 0 radical (unpaired) electrons. The number of aryl methyl sites for hydroxylation is 1. The van der Waals surface area contributed by atoms with Gasteiger partial charge in [-0.1, -0.05) is 48.0 Å². The molecule has 0 aliphatic heterocycles. The topological polar surface area (TPSA) is 85.9 Å². The molecule has 3 N–H and O–H groups in total. The van der Waals surface area contributed by atoms with Gasteiger partial charge in [0.25, 0.3) is 10.1 Å². The van der Waals surface area contributed by atoms with Crippen LogP contribution in [0.3, 0.4) is 0 Å². The van der Waals surface area contributed by atoms with E-state index < -0.39 is 10.1 Å². The highest BCUT2D eigenvalue weighted by atomic mass is 32.2. The maximum Gasteiger partial charge on any atom is 0.294 e. The molecule has 0 aliphatic carbocycles. The first-order chi connectivity index (χ1) is 8.47. The van der Waals surface area contributed by atoms with Crippen molar-refractivity contribution in [2.45, 2.75) is 18.2 Å². The summed E-state index contributed by atoms with van der Waals surface area (Å²) in [7, 11) is -4.16. The summed E-state index contributed by atoms with van der Waals surface area (Å²) in [4.78, 5) is -0.0226. The average Bonchev–Trinajstić information content (AvgIpc) is 2.31. The Hall–Kier alpha value is -1.69. The van der Waals surface area contributed by atoms with E-state index >= 15 is 0 Å². The molecule has 4 nitrogen and oxygen atoms in total. The molecule has 0 bridgehead atoms. The van der Waals surface area contributed by atoms with E-state index in [9.17, 15) is 8.42 Å². The minimum atomic E-state index is -4.16. The second-order valence-corrected chi connectivity index (χ2v) is 5.64. The van der Waals surface area contributed by atoms with Crippen LogP contribution in [0.15, 0.2) is 53.4 Å². The summed E-state index contributed by atoms with van der Waals surface area (Å²) in [5.41, 5.74) is 2.77. The minimum Gasteiger partial charge on any atom is -0.412 e. The Morgan fingerprint density at radius 3 is 2.16 bits per heavy atom. The molecule has 2 aromatic carbocycles. The predicted molar refractivity (Wildman–Crippen MR) is 73.9 cm³/mol. The summed E-state index contributed by atoms with van der Waals surface area (Å²) in [6, 6.07) is 14.4. The molecule has 0 aliphatic rings. The molecule has 0 atom stereocenters. The van der Waals surface area contributed by atoms with Crippen molar-refractivity contribution in [3.63, 3.8) is 0 Å². The first-order valence-corrected chi connectivity index (χ1v) is 7.02. The summed E-state index contributed by atoms with van der Waals surface area (Å²) >= 11 is 0. The van der Waals surface area contributed by atoms with Gasteiger partial charge in [0.05, 0.1) is 4.90 Å². The fourth-order valence-corrected chi connectivity index (χ4v) is 2.55. The largest absolute Gasteiger partial charge is 0.412 e. The second-order valence-electron chi connectivity index (χ2n) is 4.25. The molecule has 0 saturated carbocycles. The molecule has 0 heterocycles. The van der Waals surface area contributed by atoms with Crippen LogP contribution < -0.4 is 0 Å². The first-order valence-electron chi connectivity index (χ1n) is 5.58. The number of hydrogen-bond donors (Lipinski definition) is 1. The highest BCUT2D eigenvalue weighted by Gasteiger charge is 2.14. The quantitative estimate of drug-likeness (QED) is 0.872. The van der Waals surface area contributed by atoms with Crippen molar-refractivity contribution in [3.05, 3.63) is 65.2 Å². The van der Waals surface area contributed by atoms with E-state index in [1.54, 1.807) is 18.2 Å². The molecule has 19 heavy (non-hydrogen) atoms. The van der Waals surface area contributed by atoms with Crippen molar-refractivity contribution in [1.82, 2.24) is 0 Å². The lowest BCUT2D eigenvalue weighted by Gasteiger charge is -2.07. The zero-order valence-corrected chi connectivity index (χ0v) is 11.3. The summed E-state index contributed by atoms with van der Waals surface area (Å²) in [6.45, 7) is 2.00. The molecule has 2 aromatic rings. The first kappa shape index (κ1) is 15.4. The highest BCUT2D eigenvalue weighted by Crippen LogP contribution is 2.19. The monoisotopic (exact) mass is 280 g/mol. The Morgan fingerprint density at radius 1 is 1.00 bits per heavy atom. The van der Waals surface area contributed by atoms with Crippen LogP contribution in [0.5, 0.6) is 0 Å². The van der Waals surface area contributed by atoms with Gasteiger partial charge in [-0.05, 0) is 30.5 Å². The maximum atomic E-state index is 11.3. The van der Waals surface area contributed by atoms with E-state index in [4.69, 9.17) is 4.55 Å². The summed E-state index contributed by atoms with van der Waals surface area (Å²) in [6.07, 6.45) is 0.482. The molecule has 0 fully saturated rings. The summed E-state index contributed by atoms with van der Waals surface area (Å²) in [5.74, 6) is 0. The molecule has 0 spiro atoms. The zero-order valence-electron chi connectivity index (χ0n) is 10.5. The number of hydrogen-bond acceptors (Lipinski definition) is 2. The third-order valence-electron chi connectivity index (χ3n) is 2.77. The van der Waals surface area contributed by atoms with Crippen LogP contribution in [0, 0.1) is 6.92 Å². The maximum absolute atomic E-state index is 11.3. The molecule has 0 aromatic heterocycles. The van der Waals surface area contributed by atoms with Crippen molar-refractivity contribution in [2.75, 3.05) is 0 Å². The molecule has 2 rings (SSSR count). The molecule has 102 valence electrons. The van der Waals surface area contributed by atoms with Crippen molar-refractivity contribution in [1.29, 1.82) is 0 Å². The molecular weight excluding hydrogens is 264 g/mol. The van der Waals surface area contributed by atoms with Crippen LogP contribution in [0.4, 0.5) is 0 Å². The Bertz CT molecular complexity index is 645. The van der Waals surface area contributed by atoms with Gasteiger partial charge in [-0.25, -0.2) is 0 Å². The lowest BCUT2D eigenvalue weighted by atomic mass is 10.0. The summed E-state index contributed by atoms with van der Waals surface area (Å²) in [5, 5.41) is 0. The SMILES string of the molecule is Cc1ccc(Cc2ccccc2S(=O)(=O)O)cc1.O. The number of rotatable bonds is 3. The van der Waals surface area contributed by atoms with Crippen molar-refractivity contribution >= 4 is 10.1 Å². The van der Waals surface area contributed by atoms with Crippen molar-refractivity contribution < 1.29 is 18.4 Å². The molecule has 0 saturated heterocycles. The van der Waals surface area contributed by atoms with Crippen LogP contribution in [0.25, 0.3) is 0 Å². The third kappa shape index (κ3) is 3.89. The van der Waals surface area contributed by atoms with Gasteiger partial charge < -0.3 is 5.48 Å². The molecule has 0 unspecified atom stereocenters. The van der Waals surface area contributed by atoms with Gasteiger partial charge in [0.1, 0.15) is 0 Å². The highest BCUT2D eigenvalue weighted by molar-refractivity contribution is 7.85. The van der Waals surface area contributed by atoms with Gasteiger partial charge >= 0.3 is 0 Å². The van der Waals surface area contributed by atoms with Gasteiger partial charge in [0, 0.05) is 0 Å². The van der Waals surface area contributed by atoms with Gasteiger partial charge in [0.15, 0.2) is 0 Å². The van der Waals surface area contributed by atoms with Crippen molar-refractivity contribution in [3.8, 4) is 0 Å². The number of benzene rings is 2. The van der Waals surface area contributed by atoms with Crippen LogP contribution >= 0.6 is 0 Å². The Balaban J connectivity index is 0.00000180. The average molecular weight is 280 g/mol. The Morgan fingerprint density at radius 2 is 1.58 bits per heavy atom. The fraction of sp³-hybridized carbons (Fsp3) is 0.143. The van der Waals surface area contributed by atoms with Gasteiger partial charge in [0.2, 0.25) is 0 Å². The van der Waals surface area contributed by atoms with E-state index in [2.05, 4.69) is 0 Å². The van der Waals surface area contributed by atoms with E-state index in [1.165, 1.54) is 6.07 Å². The van der Waals surface area contributed by atoms with Gasteiger partial charge in [-0.2, -0.15) is 8.42 Å². The Kier molecular flexibility index (Phi) is 4.83. The van der Waals surface area contributed by atoms with E-state index in [1.807, 2.05) is 31.2 Å². The smallest absolute Gasteiger partial charge is 0.294 e. The zero-order chi connectivity index (χ0) is 13.2. The lowest BCUT2D eigenvalue weighted by molar-refractivity contribution is 0.482. The molecular formula is C14H16O4S. The van der Waals surface area contributed by atoms with Crippen LogP contribution in [0.1, 0.15) is 16.7 Å². The van der Waals surface area contributed by atoms with Gasteiger partial charge in [-0.15, -0.1) is 0 Å². The minimum absolute atomic E-state index is 0. The predicted octanol–water partition coefficient (Wildman–Crippen LogP) is 2.01. The third-order valence-corrected chi connectivity index (χ3v) is 3.72. The standard InChI is InChI=1S/C14H14O3S.H2O/c1-11-6-8-12(9-7-11)10-13-4-2-3-5-14(13)18(15,16)17;/h2-9H,10H2,1H3,(H,15,16,17);1H2. The van der Waals surface area contributed by atoms with Crippen LogP contribution in [-0.4, -0.2) is 18.4 Å². The normalized spacial score (nSPS) is 10.8. The van der Waals surface area contributed by atoms with E-state index in [-0.39, 0.29) is 10.4 Å². The van der Waals surface area contributed by atoms with Crippen LogP contribution in [0.2, 0.25) is 0 Å². The second kappa shape index (κ2) is 5.97. The molecule has 5 heteroatoms.